The van der Waals surface area contributed by atoms with Gasteiger partial charge in [-0.2, -0.15) is 5.10 Å². The van der Waals surface area contributed by atoms with Crippen molar-refractivity contribution in [1.82, 2.24) is 29.6 Å². The van der Waals surface area contributed by atoms with Gasteiger partial charge in [0.1, 0.15) is 24.5 Å². The van der Waals surface area contributed by atoms with Crippen molar-refractivity contribution < 1.29 is 14.2 Å². The molecule has 0 aromatic carbocycles. The molecule has 9 heteroatoms. The average molecular weight is 402 g/mol. The molecule has 2 N–H and O–H groups in total. The van der Waals surface area contributed by atoms with Gasteiger partial charge in [0.2, 0.25) is 5.88 Å². The van der Waals surface area contributed by atoms with E-state index >= 15 is 0 Å². The highest BCUT2D eigenvalue weighted by atomic mass is 19.1. The first-order chi connectivity index (χ1) is 13.8. The number of aryl methyl sites for hydroxylation is 1. The molecule has 0 amide bonds. The smallest absolute Gasteiger partial charge is 0.241 e. The Bertz CT molecular complexity index is 1010. The Hall–Kier alpha value is -2.52. The summed E-state index contributed by atoms with van der Waals surface area (Å²) in [4.78, 5) is 9.12. The van der Waals surface area contributed by atoms with Gasteiger partial charge in [-0.1, -0.05) is 0 Å². The third-order valence-corrected chi connectivity index (χ3v) is 5.31. The van der Waals surface area contributed by atoms with E-state index in [1.54, 1.807) is 12.5 Å². The lowest BCUT2D eigenvalue weighted by atomic mass is 10.0. The van der Waals surface area contributed by atoms with Crippen LogP contribution in [0.1, 0.15) is 27.2 Å². The van der Waals surface area contributed by atoms with Gasteiger partial charge in [-0.25, -0.2) is 14.4 Å². The number of rotatable bonds is 5. The van der Waals surface area contributed by atoms with E-state index < -0.39 is 19.0 Å². The fourth-order valence-corrected chi connectivity index (χ4v) is 3.61. The molecule has 29 heavy (non-hydrogen) atoms. The van der Waals surface area contributed by atoms with Crippen molar-refractivity contribution in [2.45, 2.75) is 45.1 Å². The number of hydrogen-bond acceptors (Lipinski definition) is 6. The fourth-order valence-electron chi connectivity index (χ4n) is 3.61. The summed E-state index contributed by atoms with van der Waals surface area (Å²) in [6, 6.07) is 1.89. The summed E-state index contributed by atoms with van der Waals surface area (Å²) in [5.41, 5.74) is 2.79. The van der Waals surface area contributed by atoms with Crippen LogP contribution in [0.4, 0.5) is 4.39 Å². The molecule has 3 aromatic heterocycles. The Balaban J connectivity index is 1.72. The predicted octanol–water partition coefficient (Wildman–Crippen LogP) is 2.23. The summed E-state index contributed by atoms with van der Waals surface area (Å²) >= 11 is 0. The van der Waals surface area contributed by atoms with E-state index in [1.807, 2.05) is 28.6 Å². The van der Waals surface area contributed by atoms with E-state index in [1.165, 1.54) is 0 Å². The highest BCUT2D eigenvalue weighted by Crippen LogP contribution is 2.31. The van der Waals surface area contributed by atoms with Gasteiger partial charge in [0.15, 0.2) is 0 Å². The van der Waals surface area contributed by atoms with E-state index in [4.69, 9.17) is 9.72 Å². The van der Waals surface area contributed by atoms with Gasteiger partial charge in [0.25, 0.3) is 0 Å². The van der Waals surface area contributed by atoms with Crippen molar-refractivity contribution in [3.63, 3.8) is 0 Å². The topological polar surface area (TPSA) is 90.0 Å². The van der Waals surface area contributed by atoms with Gasteiger partial charge in [-0.15, -0.1) is 0 Å². The van der Waals surface area contributed by atoms with Crippen LogP contribution < -0.4 is 10.1 Å². The average Bonchev–Trinajstić information content (AvgIpc) is 3.39. The maximum absolute atomic E-state index is 13.8. The number of aromatic nitrogens is 5. The number of nitrogens with one attached hydrogen (secondary N) is 1. The monoisotopic (exact) mass is 402 g/mol. The number of alkyl halides is 1. The van der Waals surface area contributed by atoms with Crippen molar-refractivity contribution in [3.8, 4) is 17.1 Å². The molecule has 3 aromatic rings. The van der Waals surface area contributed by atoms with Crippen molar-refractivity contribution in [2.75, 3.05) is 13.2 Å². The molecule has 0 radical (unpaired) electrons. The highest BCUT2D eigenvalue weighted by Gasteiger charge is 2.32. The second kappa shape index (κ2) is 7.38. The molecule has 1 aliphatic heterocycles. The second-order valence-corrected chi connectivity index (χ2v) is 8.61. The first kappa shape index (κ1) is 19.8. The molecule has 0 aliphatic carbocycles. The molecule has 4 heterocycles. The van der Waals surface area contributed by atoms with Crippen LogP contribution in [-0.2, 0) is 12.6 Å². The molecule has 3 atom stereocenters. The normalized spacial score (nSPS) is 21.0. The van der Waals surface area contributed by atoms with Crippen LogP contribution in [-0.4, -0.2) is 55.0 Å². The minimum atomic E-state index is -0.696. The van der Waals surface area contributed by atoms with E-state index in [-0.39, 0.29) is 11.5 Å². The SMILES string of the molecule is Cn1cnc2cc(-c3cnn(C(C)(C)C)c3)nc(O[C@H](CF)[C@H]3CNC(O)C3)c21. The van der Waals surface area contributed by atoms with Crippen LogP contribution in [0.5, 0.6) is 5.88 Å². The first-order valence-electron chi connectivity index (χ1n) is 9.78. The number of pyridine rings is 1. The quantitative estimate of drug-likeness (QED) is 0.680. The van der Waals surface area contributed by atoms with Gasteiger partial charge in [0, 0.05) is 31.3 Å². The molecule has 1 aliphatic rings. The molecule has 156 valence electrons. The van der Waals surface area contributed by atoms with Gasteiger partial charge in [-0.3, -0.25) is 10.00 Å². The number of fused-ring (bicyclic) bond motifs is 1. The summed E-state index contributed by atoms with van der Waals surface area (Å²) < 4.78 is 23.6. The molecule has 8 nitrogen and oxygen atoms in total. The second-order valence-electron chi connectivity index (χ2n) is 8.61. The molecule has 4 rings (SSSR count). The van der Waals surface area contributed by atoms with Crippen LogP contribution in [0.3, 0.4) is 0 Å². The van der Waals surface area contributed by atoms with Crippen LogP contribution in [0.25, 0.3) is 22.3 Å². The molecule has 1 fully saturated rings. The van der Waals surface area contributed by atoms with Crippen molar-refractivity contribution in [3.05, 3.63) is 24.8 Å². The van der Waals surface area contributed by atoms with Crippen LogP contribution in [0.15, 0.2) is 24.8 Å². The summed E-state index contributed by atoms with van der Waals surface area (Å²) in [6.45, 7) is 6.06. The number of aliphatic hydroxyl groups is 1. The third-order valence-electron chi connectivity index (χ3n) is 5.31. The maximum atomic E-state index is 13.8. The van der Waals surface area contributed by atoms with E-state index in [0.717, 1.165) is 11.1 Å². The zero-order valence-corrected chi connectivity index (χ0v) is 17.1. The molecule has 0 bridgehead atoms. The van der Waals surface area contributed by atoms with Crippen LogP contribution in [0.2, 0.25) is 0 Å². The van der Waals surface area contributed by atoms with Crippen molar-refractivity contribution >= 4 is 11.0 Å². The summed E-state index contributed by atoms with van der Waals surface area (Å²) in [6.07, 6.45) is 4.50. The van der Waals surface area contributed by atoms with Crippen molar-refractivity contribution in [2.24, 2.45) is 13.0 Å². The van der Waals surface area contributed by atoms with Gasteiger partial charge >= 0.3 is 0 Å². The highest BCUT2D eigenvalue weighted by molar-refractivity contribution is 5.84. The van der Waals surface area contributed by atoms with Crippen LogP contribution >= 0.6 is 0 Å². The van der Waals surface area contributed by atoms with E-state index in [0.29, 0.717) is 30.1 Å². The molecule has 1 unspecified atom stereocenters. The number of aliphatic hydroxyl groups excluding tert-OH is 1. The number of halogens is 1. The summed E-state index contributed by atoms with van der Waals surface area (Å²) in [5, 5.41) is 17.1. The number of nitrogens with zero attached hydrogens (tertiary/aromatic N) is 5. The van der Waals surface area contributed by atoms with Gasteiger partial charge in [0.05, 0.1) is 29.3 Å². The summed E-state index contributed by atoms with van der Waals surface area (Å²) in [7, 11) is 1.85. The molecule has 0 spiro atoms. The number of ether oxygens (including phenoxy) is 1. The Labute approximate surface area is 168 Å². The lowest BCUT2D eigenvalue weighted by Gasteiger charge is -2.21. The van der Waals surface area contributed by atoms with Gasteiger partial charge < -0.3 is 14.4 Å². The van der Waals surface area contributed by atoms with E-state index in [9.17, 15) is 9.50 Å². The zero-order chi connectivity index (χ0) is 20.8. The Morgan fingerprint density at radius 1 is 1.41 bits per heavy atom. The molecular formula is C20H27FN6O2. The standard InChI is InChI=1S/C20H27FN6O2/c1-20(2,3)27-10-13(9-24-27)14-6-15-18(26(4)11-23-15)19(25-14)29-16(7-21)12-5-17(28)22-8-12/h6,9-12,16-17,22,28H,5,7-8H2,1-4H3/t12-,16-,17?/m1/s1. The van der Waals surface area contributed by atoms with Crippen LogP contribution in [0, 0.1) is 5.92 Å². The van der Waals surface area contributed by atoms with E-state index in [2.05, 4.69) is 36.2 Å². The first-order valence-corrected chi connectivity index (χ1v) is 9.78. The fraction of sp³-hybridized carbons (Fsp3) is 0.550. The molecule has 1 saturated heterocycles. The zero-order valence-electron chi connectivity index (χ0n) is 17.1. The number of imidazole rings is 1. The molecular weight excluding hydrogens is 375 g/mol. The Kier molecular flexibility index (Phi) is 5.04. The maximum Gasteiger partial charge on any atom is 0.241 e. The minimum absolute atomic E-state index is 0.132. The third kappa shape index (κ3) is 3.84. The Morgan fingerprint density at radius 3 is 2.83 bits per heavy atom. The van der Waals surface area contributed by atoms with Gasteiger partial charge in [-0.05, 0) is 33.3 Å². The minimum Gasteiger partial charge on any atom is -0.470 e. The lowest BCUT2D eigenvalue weighted by Crippen LogP contribution is -2.31. The Morgan fingerprint density at radius 2 is 2.21 bits per heavy atom. The lowest BCUT2D eigenvalue weighted by molar-refractivity contribution is 0.0943. The largest absolute Gasteiger partial charge is 0.470 e. The molecule has 0 saturated carbocycles. The number of hydrogen-bond donors (Lipinski definition) is 2. The summed E-state index contributed by atoms with van der Waals surface area (Å²) in [5.74, 6) is 0.206. The van der Waals surface area contributed by atoms with Crippen molar-refractivity contribution in [1.29, 1.82) is 0 Å². The predicted molar refractivity (Wildman–Crippen MR) is 107 cm³/mol.